The van der Waals surface area contributed by atoms with Gasteiger partial charge in [0.25, 0.3) is 0 Å². The molecule has 0 bridgehead atoms. The lowest BCUT2D eigenvalue weighted by atomic mass is 9.82. The van der Waals surface area contributed by atoms with Crippen LogP contribution in [0.1, 0.15) is 79.4 Å². The first-order valence-corrected chi connectivity index (χ1v) is 13.0. The van der Waals surface area contributed by atoms with Gasteiger partial charge in [0.2, 0.25) is 11.8 Å². The van der Waals surface area contributed by atoms with Gasteiger partial charge in [0.05, 0.1) is 11.9 Å². The Hall–Kier alpha value is -3.13. The zero-order chi connectivity index (χ0) is 24.7. The highest BCUT2D eigenvalue weighted by atomic mass is 32.1. The van der Waals surface area contributed by atoms with Crippen LogP contribution in [0.4, 0.5) is 5.69 Å². The van der Waals surface area contributed by atoms with Gasteiger partial charge >= 0.3 is 5.97 Å². The van der Waals surface area contributed by atoms with Crippen LogP contribution < -0.4 is 4.90 Å². The van der Waals surface area contributed by atoms with Crippen LogP contribution in [0.2, 0.25) is 0 Å². The molecule has 0 saturated heterocycles. The van der Waals surface area contributed by atoms with Crippen LogP contribution in [-0.4, -0.2) is 28.0 Å². The molecule has 8 heteroatoms. The Morgan fingerprint density at radius 2 is 1.91 bits per heavy atom. The fraction of sp³-hybridized carbons (Fsp3) is 0.444. The first-order valence-electron chi connectivity index (χ1n) is 12.2. The van der Waals surface area contributed by atoms with E-state index in [1.54, 1.807) is 11.2 Å². The van der Waals surface area contributed by atoms with Crippen LogP contribution in [0.3, 0.4) is 0 Å². The third-order valence-electron chi connectivity index (χ3n) is 6.97. The number of carbonyl (C=O) groups excluding carboxylic acids is 1. The monoisotopic (exact) mass is 494 g/mol. The summed E-state index contributed by atoms with van der Waals surface area (Å²) in [5.41, 5.74) is 2.82. The van der Waals surface area contributed by atoms with Crippen molar-refractivity contribution in [2.24, 2.45) is 11.8 Å². The SMILES string of the molecule is CC(C)N(c1cc(C2=COC(c3nc4ccccc4o3)C2)sc1C(=O)O)C(=O)[C@H]1CC[C@H](C)CC1. The molecule has 35 heavy (non-hydrogen) atoms. The normalized spacial score (nSPS) is 22.3. The summed E-state index contributed by atoms with van der Waals surface area (Å²) < 4.78 is 11.7. The lowest BCUT2D eigenvalue weighted by molar-refractivity contribution is -0.123. The average Bonchev–Trinajstić information content (AvgIpc) is 3.57. The molecule has 0 radical (unpaired) electrons. The molecule has 2 aromatic heterocycles. The Kier molecular flexibility index (Phi) is 6.40. The van der Waals surface area contributed by atoms with Crippen LogP contribution in [0, 0.1) is 11.8 Å². The minimum absolute atomic E-state index is 0.0275. The van der Waals surface area contributed by atoms with Gasteiger partial charge in [0.1, 0.15) is 10.4 Å². The number of hydrogen-bond acceptors (Lipinski definition) is 6. The van der Waals surface area contributed by atoms with E-state index in [1.807, 2.05) is 44.2 Å². The van der Waals surface area contributed by atoms with Gasteiger partial charge in [-0.2, -0.15) is 0 Å². The molecule has 1 saturated carbocycles. The van der Waals surface area contributed by atoms with Crippen LogP contribution in [-0.2, 0) is 9.53 Å². The van der Waals surface area contributed by atoms with Crippen LogP contribution in [0.25, 0.3) is 16.7 Å². The van der Waals surface area contributed by atoms with Crippen molar-refractivity contribution in [3.05, 3.63) is 52.2 Å². The maximum Gasteiger partial charge on any atom is 0.348 e. The second kappa shape index (κ2) is 9.49. The number of nitrogens with zero attached hydrogens (tertiary/aromatic N) is 2. The molecule has 0 spiro atoms. The van der Waals surface area contributed by atoms with E-state index in [2.05, 4.69) is 11.9 Å². The van der Waals surface area contributed by atoms with Gasteiger partial charge in [-0.1, -0.05) is 19.1 Å². The van der Waals surface area contributed by atoms with E-state index < -0.39 is 5.97 Å². The molecule has 1 aliphatic carbocycles. The minimum atomic E-state index is -1.03. The number of hydrogen-bond donors (Lipinski definition) is 1. The third kappa shape index (κ3) is 4.59. The van der Waals surface area contributed by atoms with Crippen LogP contribution in [0.5, 0.6) is 0 Å². The van der Waals surface area contributed by atoms with E-state index in [9.17, 15) is 14.7 Å². The van der Waals surface area contributed by atoms with Gasteiger partial charge in [-0.3, -0.25) is 4.79 Å². The molecule has 3 heterocycles. The highest BCUT2D eigenvalue weighted by Crippen LogP contribution is 2.43. The number of carboxylic acid groups (broad SMARTS) is 1. The van der Waals surface area contributed by atoms with Gasteiger partial charge < -0.3 is 19.2 Å². The van der Waals surface area contributed by atoms with Crippen molar-refractivity contribution >= 4 is 45.6 Å². The Bertz CT molecular complexity index is 1250. The number of thiophene rings is 1. The molecule has 2 aliphatic rings. The average molecular weight is 495 g/mol. The molecule has 7 nitrogen and oxygen atoms in total. The summed E-state index contributed by atoms with van der Waals surface area (Å²) in [7, 11) is 0. The predicted molar refractivity (Wildman–Crippen MR) is 135 cm³/mol. The number of fused-ring (bicyclic) bond motifs is 1. The summed E-state index contributed by atoms with van der Waals surface area (Å²) in [4.78, 5) is 32.9. The van der Waals surface area contributed by atoms with Gasteiger partial charge in [0.15, 0.2) is 11.7 Å². The quantitative estimate of drug-likeness (QED) is 0.412. The fourth-order valence-electron chi connectivity index (χ4n) is 5.02. The summed E-state index contributed by atoms with van der Waals surface area (Å²) in [6.07, 6.45) is 5.58. The molecule has 1 aromatic carbocycles. The number of ether oxygens (including phenoxy) is 1. The van der Waals surface area contributed by atoms with Crippen molar-refractivity contribution in [3.63, 3.8) is 0 Å². The summed E-state index contributed by atoms with van der Waals surface area (Å²) in [5.74, 6) is 0.0773. The number of carboxylic acids is 1. The first kappa shape index (κ1) is 23.6. The molecule has 5 rings (SSSR count). The number of oxazole rings is 1. The fourth-order valence-corrected chi connectivity index (χ4v) is 6.02. The second-order valence-electron chi connectivity index (χ2n) is 9.88. The Morgan fingerprint density at radius 1 is 1.17 bits per heavy atom. The topological polar surface area (TPSA) is 92.9 Å². The van der Waals surface area contributed by atoms with Gasteiger partial charge in [-0.25, -0.2) is 9.78 Å². The highest BCUT2D eigenvalue weighted by Gasteiger charge is 2.35. The summed E-state index contributed by atoms with van der Waals surface area (Å²) in [5, 5.41) is 9.99. The summed E-state index contributed by atoms with van der Waals surface area (Å²) in [6, 6.07) is 9.24. The van der Waals surface area contributed by atoms with E-state index in [1.165, 1.54) is 11.3 Å². The molecule has 184 valence electrons. The number of para-hydroxylation sites is 2. The molecule has 1 fully saturated rings. The van der Waals surface area contributed by atoms with Crippen LogP contribution >= 0.6 is 11.3 Å². The van der Waals surface area contributed by atoms with Crippen molar-refractivity contribution in [1.82, 2.24) is 4.98 Å². The summed E-state index contributed by atoms with van der Waals surface area (Å²) in [6.45, 7) is 6.10. The maximum absolute atomic E-state index is 13.6. The Balaban J connectivity index is 1.40. The predicted octanol–water partition coefficient (Wildman–Crippen LogP) is 6.66. The Morgan fingerprint density at radius 3 is 2.60 bits per heavy atom. The van der Waals surface area contributed by atoms with Crippen molar-refractivity contribution in [3.8, 4) is 0 Å². The van der Waals surface area contributed by atoms with Gasteiger partial charge in [-0.15, -0.1) is 11.3 Å². The van der Waals surface area contributed by atoms with Crippen molar-refractivity contribution in [2.45, 2.75) is 65.0 Å². The molecular formula is C27H30N2O5S. The van der Waals surface area contributed by atoms with Gasteiger partial charge in [-0.05, 0) is 63.6 Å². The number of aromatic carboxylic acids is 1. The molecule has 1 unspecified atom stereocenters. The van der Waals surface area contributed by atoms with Crippen LogP contribution in [0.15, 0.2) is 41.0 Å². The third-order valence-corrected chi connectivity index (χ3v) is 8.16. The van der Waals surface area contributed by atoms with E-state index in [0.717, 1.165) is 41.7 Å². The lowest BCUT2D eigenvalue weighted by Gasteiger charge is -2.33. The number of amides is 1. The van der Waals surface area contributed by atoms with Gasteiger partial charge in [0, 0.05) is 28.8 Å². The highest BCUT2D eigenvalue weighted by molar-refractivity contribution is 7.15. The molecule has 1 atom stereocenters. The number of carbonyl (C=O) groups is 2. The number of rotatable bonds is 6. The maximum atomic E-state index is 13.6. The van der Waals surface area contributed by atoms with E-state index >= 15 is 0 Å². The van der Waals surface area contributed by atoms with Crippen molar-refractivity contribution in [2.75, 3.05) is 4.90 Å². The smallest absolute Gasteiger partial charge is 0.348 e. The zero-order valence-corrected chi connectivity index (χ0v) is 21.0. The first-order chi connectivity index (χ1) is 16.8. The lowest BCUT2D eigenvalue weighted by Crippen LogP contribution is -2.42. The molecule has 1 aliphatic heterocycles. The standard InChI is InChI=1S/C27H30N2O5S/c1-15(2)29(26(30)17-10-8-16(3)9-11-17)20-13-23(35-24(20)27(31)32)18-12-22(33-14-18)25-28-19-6-4-5-7-21(19)34-25/h4-7,13-17,22H,8-12H2,1-3H3,(H,31,32)/t16-,17-,22?. The molecule has 1 amide bonds. The number of aromatic nitrogens is 1. The van der Waals surface area contributed by atoms with E-state index in [4.69, 9.17) is 9.15 Å². The Labute approximate surface area is 208 Å². The molecular weight excluding hydrogens is 464 g/mol. The van der Waals surface area contributed by atoms with Crippen molar-refractivity contribution < 1.29 is 23.8 Å². The van der Waals surface area contributed by atoms with Crippen molar-refractivity contribution in [1.29, 1.82) is 0 Å². The minimum Gasteiger partial charge on any atom is -0.488 e. The molecule has 1 N–H and O–H groups in total. The molecule has 3 aromatic rings. The second-order valence-corrected chi connectivity index (χ2v) is 10.9. The summed E-state index contributed by atoms with van der Waals surface area (Å²) >= 11 is 1.18. The van der Waals surface area contributed by atoms with E-state index in [0.29, 0.717) is 29.5 Å². The largest absolute Gasteiger partial charge is 0.488 e. The number of benzene rings is 1. The zero-order valence-electron chi connectivity index (χ0n) is 20.2. The number of anilines is 1. The van der Waals surface area contributed by atoms with E-state index in [-0.39, 0.29) is 28.8 Å².